The number of pyridine rings is 1. The van der Waals surface area contributed by atoms with Gasteiger partial charge in [-0.2, -0.15) is 0 Å². The molecule has 0 spiro atoms. The fraction of sp³-hybridized carbons (Fsp3) is 0.500. The molecule has 1 amide bonds. The molecule has 0 bridgehead atoms. The number of carbonyl (C=O) groups is 1. The lowest BCUT2D eigenvalue weighted by Gasteiger charge is -2.23. The highest BCUT2D eigenvalue weighted by Gasteiger charge is 2.18. The van der Waals surface area contributed by atoms with Gasteiger partial charge in [0.15, 0.2) is 0 Å². The number of nitrogens with zero attached hydrogens (tertiary/aromatic N) is 1. The van der Waals surface area contributed by atoms with E-state index in [9.17, 15) is 4.79 Å². The average molecular weight is 257 g/mol. The van der Waals surface area contributed by atoms with Crippen molar-refractivity contribution in [3.63, 3.8) is 0 Å². The number of carbonyl (C=O) groups excluding carboxylic acids is 1. The van der Waals surface area contributed by atoms with Crippen LogP contribution in [0.3, 0.4) is 0 Å². The van der Waals surface area contributed by atoms with Crippen molar-refractivity contribution in [3.05, 3.63) is 29.0 Å². The van der Waals surface area contributed by atoms with Gasteiger partial charge in [-0.15, -0.1) is 0 Å². The van der Waals surface area contributed by atoms with Gasteiger partial charge in [-0.25, -0.2) is 4.98 Å². The number of halogens is 1. The predicted molar refractivity (Wildman–Crippen MR) is 67.1 cm³/mol. The summed E-state index contributed by atoms with van der Waals surface area (Å²) in [5, 5.41) is 12.0. The van der Waals surface area contributed by atoms with E-state index in [0.29, 0.717) is 23.8 Å². The summed E-state index contributed by atoms with van der Waals surface area (Å²) in [4.78, 5) is 15.7. The van der Waals surface area contributed by atoms with Crippen LogP contribution < -0.4 is 5.32 Å². The third-order valence-corrected chi connectivity index (χ3v) is 2.67. The molecule has 94 valence electrons. The van der Waals surface area contributed by atoms with Gasteiger partial charge in [-0.1, -0.05) is 31.5 Å². The maximum Gasteiger partial charge on any atom is 0.269 e. The van der Waals surface area contributed by atoms with Crippen molar-refractivity contribution < 1.29 is 9.90 Å². The van der Waals surface area contributed by atoms with Crippen LogP contribution in [-0.4, -0.2) is 29.1 Å². The summed E-state index contributed by atoms with van der Waals surface area (Å²) < 4.78 is 0. The Morgan fingerprint density at radius 1 is 1.53 bits per heavy atom. The Morgan fingerprint density at radius 3 is 2.82 bits per heavy atom. The number of amides is 1. The van der Waals surface area contributed by atoms with Gasteiger partial charge in [-0.3, -0.25) is 4.79 Å². The third-order valence-electron chi connectivity index (χ3n) is 2.46. The maximum absolute atomic E-state index is 11.8. The molecule has 1 aromatic heterocycles. The first-order chi connectivity index (χ1) is 7.94. The SMILES string of the molecule is CC(C)(CCO)CNC(=O)c1cccc(Cl)n1. The summed E-state index contributed by atoms with van der Waals surface area (Å²) >= 11 is 5.70. The van der Waals surface area contributed by atoms with Crippen molar-refractivity contribution in [1.29, 1.82) is 0 Å². The highest BCUT2D eigenvalue weighted by Crippen LogP contribution is 2.18. The average Bonchev–Trinajstić information content (AvgIpc) is 2.26. The number of aliphatic hydroxyl groups excluding tert-OH is 1. The number of hydrogen-bond acceptors (Lipinski definition) is 3. The molecule has 17 heavy (non-hydrogen) atoms. The molecule has 5 heteroatoms. The van der Waals surface area contributed by atoms with E-state index in [4.69, 9.17) is 16.7 Å². The Bertz CT molecular complexity index is 394. The first-order valence-corrected chi connectivity index (χ1v) is 5.84. The highest BCUT2D eigenvalue weighted by atomic mass is 35.5. The molecule has 0 saturated heterocycles. The lowest BCUT2D eigenvalue weighted by atomic mass is 9.90. The number of hydrogen-bond donors (Lipinski definition) is 2. The van der Waals surface area contributed by atoms with Crippen molar-refractivity contribution in [3.8, 4) is 0 Å². The Hall–Kier alpha value is -1.13. The predicted octanol–water partition coefficient (Wildman–Crippen LogP) is 1.87. The molecule has 1 heterocycles. The Kier molecular flexibility index (Phi) is 4.90. The third kappa shape index (κ3) is 4.71. The Labute approximate surface area is 106 Å². The van der Waals surface area contributed by atoms with Gasteiger partial charge in [0, 0.05) is 13.2 Å². The molecule has 1 rings (SSSR count). The molecule has 0 aliphatic rings. The van der Waals surface area contributed by atoms with E-state index in [1.54, 1.807) is 18.2 Å². The van der Waals surface area contributed by atoms with E-state index in [0.717, 1.165) is 0 Å². The largest absolute Gasteiger partial charge is 0.396 e. The van der Waals surface area contributed by atoms with Gasteiger partial charge in [0.1, 0.15) is 10.8 Å². The lowest BCUT2D eigenvalue weighted by Crippen LogP contribution is -2.34. The van der Waals surface area contributed by atoms with Crippen molar-refractivity contribution >= 4 is 17.5 Å². The van der Waals surface area contributed by atoms with Crippen LogP contribution in [0.2, 0.25) is 5.15 Å². The summed E-state index contributed by atoms with van der Waals surface area (Å²) in [5.41, 5.74) is 0.167. The van der Waals surface area contributed by atoms with Crippen molar-refractivity contribution in [2.24, 2.45) is 5.41 Å². The molecule has 1 aromatic rings. The number of aromatic nitrogens is 1. The van der Waals surface area contributed by atoms with Crippen LogP contribution in [-0.2, 0) is 0 Å². The van der Waals surface area contributed by atoms with Gasteiger partial charge >= 0.3 is 0 Å². The van der Waals surface area contributed by atoms with Crippen LogP contribution in [0, 0.1) is 5.41 Å². The van der Waals surface area contributed by atoms with Crippen LogP contribution in [0.25, 0.3) is 0 Å². The van der Waals surface area contributed by atoms with Gasteiger partial charge < -0.3 is 10.4 Å². The number of nitrogens with one attached hydrogen (secondary N) is 1. The Balaban J connectivity index is 2.56. The zero-order chi connectivity index (χ0) is 12.9. The number of aliphatic hydroxyl groups is 1. The fourth-order valence-corrected chi connectivity index (χ4v) is 1.50. The summed E-state index contributed by atoms with van der Waals surface area (Å²) in [6, 6.07) is 4.91. The molecule has 0 aliphatic carbocycles. The monoisotopic (exact) mass is 256 g/mol. The normalized spacial score (nSPS) is 11.3. The van der Waals surface area contributed by atoms with E-state index in [1.165, 1.54) is 0 Å². The minimum atomic E-state index is -0.251. The first kappa shape index (κ1) is 13.9. The smallest absolute Gasteiger partial charge is 0.269 e. The fourth-order valence-electron chi connectivity index (χ4n) is 1.34. The van der Waals surface area contributed by atoms with E-state index >= 15 is 0 Å². The number of rotatable bonds is 5. The molecule has 0 atom stereocenters. The van der Waals surface area contributed by atoms with Crippen molar-refractivity contribution in [2.75, 3.05) is 13.2 Å². The minimum absolute atomic E-state index is 0.109. The van der Waals surface area contributed by atoms with E-state index in [2.05, 4.69) is 10.3 Å². The second-order valence-electron chi connectivity index (χ2n) is 4.67. The molecule has 0 unspecified atom stereocenters. The molecule has 4 nitrogen and oxygen atoms in total. The quantitative estimate of drug-likeness (QED) is 0.791. The minimum Gasteiger partial charge on any atom is -0.396 e. The first-order valence-electron chi connectivity index (χ1n) is 5.46. The second kappa shape index (κ2) is 5.98. The topological polar surface area (TPSA) is 62.2 Å². The molecule has 0 saturated carbocycles. The van der Waals surface area contributed by atoms with E-state index in [1.807, 2.05) is 13.8 Å². The van der Waals surface area contributed by atoms with Gasteiger partial charge in [-0.05, 0) is 24.0 Å². The zero-order valence-electron chi connectivity index (χ0n) is 10.0. The molecular formula is C12H17ClN2O2. The molecular weight excluding hydrogens is 240 g/mol. The van der Waals surface area contributed by atoms with Crippen LogP contribution in [0.4, 0.5) is 0 Å². The lowest BCUT2D eigenvalue weighted by molar-refractivity contribution is 0.0923. The zero-order valence-corrected chi connectivity index (χ0v) is 10.8. The van der Waals surface area contributed by atoms with Gasteiger partial charge in [0.2, 0.25) is 0 Å². The summed E-state index contributed by atoms with van der Waals surface area (Å²) in [6.07, 6.45) is 0.635. The molecule has 0 fully saturated rings. The van der Waals surface area contributed by atoms with E-state index in [-0.39, 0.29) is 17.9 Å². The van der Waals surface area contributed by atoms with Crippen molar-refractivity contribution in [1.82, 2.24) is 10.3 Å². The van der Waals surface area contributed by atoms with Gasteiger partial charge in [0.05, 0.1) is 0 Å². The standard InChI is InChI=1S/C12H17ClN2O2/c1-12(2,6-7-16)8-14-11(17)9-4-3-5-10(13)15-9/h3-5,16H,6-8H2,1-2H3,(H,14,17). The molecule has 0 aromatic carbocycles. The van der Waals surface area contributed by atoms with Crippen LogP contribution in [0.15, 0.2) is 18.2 Å². The Morgan fingerprint density at radius 2 is 2.24 bits per heavy atom. The summed E-state index contributed by atoms with van der Waals surface area (Å²) in [5.74, 6) is -0.251. The highest BCUT2D eigenvalue weighted by molar-refractivity contribution is 6.29. The summed E-state index contributed by atoms with van der Waals surface area (Å²) in [7, 11) is 0. The van der Waals surface area contributed by atoms with Crippen LogP contribution in [0.5, 0.6) is 0 Å². The maximum atomic E-state index is 11.8. The molecule has 0 radical (unpaired) electrons. The summed E-state index contributed by atoms with van der Waals surface area (Å²) in [6.45, 7) is 4.56. The van der Waals surface area contributed by atoms with Crippen LogP contribution >= 0.6 is 11.6 Å². The molecule has 2 N–H and O–H groups in total. The van der Waals surface area contributed by atoms with Crippen molar-refractivity contribution in [2.45, 2.75) is 20.3 Å². The van der Waals surface area contributed by atoms with E-state index < -0.39 is 0 Å². The van der Waals surface area contributed by atoms with Gasteiger partial charge in [0.25, 0.3) is 5.91 Å². The van der Waals surface area contributed by atoms with Crippen LogP contribution in [0.1, 0.15) is 30.8 Å². The second-order valence-corrected chi connectivity index (χ2v) is 5.05. The molecule has 0 aliphatic heterocycles.